The molecule has 1 saturated carbocycles. The number of aliphatic carboxylic acids is 1. The fraction of sp³-hybridized carbons (Fsp3) is 0.857. The highest BCUT2D eigenvalue weighted by molar-refractivity contribution is 5.82. The van der Waals surface area contributed by atoms with E-state index in [0.29, 0.717) is 6.04 Å². The molecule has 0 radical (unpaired) electrons. The molecule has 5 nitrogen and oxygen atoms in total. The van der Waals surface area contributed by atoms with Crippen molar-refractivity contribution in [3.63, 3.8) is 0 Å². The predicted octanol–water partition coefficient (Wildman–Crippen LogP) is 1.13. The van der Waals surface area contributed by atoms with Crippen LogP contribution in [0.15, 0.2) is 0 Å². The number of fused-ring (bicyclic) bond motifs is 1. The van der Waals surface area contributed by atoms with Gasteiger partial charge in [0.1, 0.15) is 0 Å². The molecule has 0 bridgehead atoms. The predicted molar refractivity (Wildman–Crippen MR) is 71.7 cm³/mol. The summed E-state index contributed by atoms with van der Waals surface area (Å²) < 4.78 is 0. The maximum Gasteiger partial charge on any atom is 0.308 e. The summed E-state index contributed by atoms with van der Waals surface area (Å²) in [5.74, 6) is -0.716. The Bertz CT molecular complexity index is 346. The number of piperidine rings is 1. The normalized spacial score (nSPS) is 32.2. The van der Waals surface area contributed by atoms with Gasteiger partial charge in [-0.1, -0.05) is 19.8 Å². The molecule has 0 spiro atoms. The molecular weight excluding hydrogens is 244 g/mol. The van der Waals surface area contributed by atoms with Crippen LogP contribution in [0.5, 0.6) is 0 Å². The van der Waals surface area contributed by atoms with Crippen molar-refractivity contribution in [2.45, 2.75) is 57.5 Å². The van der Waals surface area contributed by atoms with Crippen LogP contribution in [0, 0.1) is 11.8 Å². The van der Waals surface area contributed by atoms with Crippen molar-refractivity contribution in [2.24, 2.45) is 11.8 Å². The standard InChI is InChI=1S/C14H24N2O3/c1-9(14(18)19)8-15-13(17)12-7-6-10-4-2-3-5-11(10)16-12/h9-12,16H,2-8H2,1H3,(H,15,17)(H,18,19). The summed E-state index contributed by atoms with van der Waals surface area (Å²) in [6.07, 6.45) is 7.00. The molecule has 5 heteroatoms. The van der Waals surface area contributed by atoms with E-state index in [1.54, 1.807) is 6.92 Å². The molecule has 2 rings (SSSR count). The van der Waals surface area contributed by atoms with Gasteiger partial charge >= 0.3 is 5.97 Å². The average molecular weight is 268 g/mol. The lowest BCUT2D eigenvalue weighted by Crippen LogP contribution is -2.55. The van der Waals surface area contributed by atoms with E-state index < -0.39 is 11.9 Å². The summed E-state index contributed by atoms with van der Waals surface area (Å²) in [4.78, 5) is 22.7. The van der Waals surface area contributed by atoms with E-state index in [1.165, 1.54) is 25.7 Å². The van der Waals surface area contributed by atoms with Crippen molar-refractivity contribution in [1.29, 1.82) is 0 Å². The molecule has 0 aromatic heterocycles. The largest absolute Gasteiger partial charge is 0.481 e. The van der Waals surface area contributed by atoms with E-state index in [2.05, 4.69) is 10.6 Å². The Kier molecular flexibility index (Phi) is 4.80. The Morgan fingerprint density at radius 2 is 2.00 bits per heavy atom. The molecule has 19 heavy (non-hydrogen) atoms. The third-order valence-corrected chi connectivity index (χ3v) is 4.47. The number of carbonyl (C=O) groups is 2. The highest BCUT2D eigenvalue weighted by atomic mass is 16.4. The lowest BCUT2D eigenvalue weighted by atomic mass is 9.77. The van der Waals surface area contributed by atoms with Crippen LogP contribution >= 0.6 is 0 Å². The lowest BCUT2D eigenvalue weighted by Gasteiger charge is -2.39. The fourth-order valence-corrected chi connectivity index (χ4v) is 3.17. The summed E-state index contributed by atoms with van der Waals surface area (Å²) in [5, 5.41) is 15.0. The van der Waals surface area contributed by atoms with Crippen molar-refractivity contribution >= 4 is 11.9 Å². The Morgan fingerprint density at radius 3 is 2.74 bits per heavy atom. The van der Waals surface area contributed by atoms with E-state index in [4.69, 9.17) is 5.11 Å². The second-order valence-corrected chi connectivity index (χ2v) is 5.93. The molecule has 1 amide bonds. The van der Waals surface area contributed by atoms with Gasteiger partial charge in [-0.25, -0.2) is 0 Å². The molecule has 2 fully saturated rings. The fourth-order valence-electron chi connectivity index (χ4n) is 3.17. The van der Waals surface area contributed by atoms with Gasteiger partial charge in [0, 0.05) is 12.6 Å². The minimum atomic E-state index is -0.871. The summed E-state index contributed by atoms with van der Waals surface area (Å²) in [7, 11) is 0. The van der Waals surface area contributed by atoms with Crippen molar-refractivity contribution < 1.29 is 14.7 Å². The first-order chi connectivity index (χ1) is 9.08. The van der Waals surface area contributed by atoms with Gasteiger partial charge in [-0.3, -0.25) is 9.59 Å². The van der Waals surface area contributed by atoms with Crippen LogP contribution in [-0.4, -0.2) is 35.6 Å². The van der Waals surface area contributed by atoms with Crippen molar-refractivity contribution in [3.05, 3.63) is 0 Å². The summed E-state index contributed by atoms with van der Waals surface area (Å²) in [6, 6.07) is 0.343. The van der Waals surface area contributed by atoms with Gasteiger partial charge in [-0.2, -0.15) is 0 Å². The Balaban J connectivity index is 1.78. The Hall–Kier alpha value is -1.10. The maximum atomic E-state index is 12.0. The van der Waals surface area contributed by atoms with Gasteiger partial charge in [0.15, 0.2) is 0 Å². The Labute approximate surface area is 114 Å². The molecule has 4 unspecified atom stereocenters. The number of hydrogen-bond acceptors (Lipinski definition) is 3. The monoisotopic (exact) mass is 268 g/mol. The number of rotatable bonds is 4. The van der Waals surface area contributed by atoms with Crippen LogP contribution in [0.25, 0.3) is 0 Å². The third-order valence-electron chi connectivity index (χ3n) is 4.47. The number of nitrogens with one attached hydrogen (secondary N) is 2. The first-order valence-electron chi connectivity index (χ1n) is 7.34. The second-order valence-electron chi connectivity index (χ2n) is 5.93. The van der Waals surface area contributed by atoms with Gasteiger partial charge < -0.3 is 15.7 Å². The smallest absolute Gasteiger partial charge is 0.308 e. The van der Waals surface area contributed by atoms with Gasteiger partial charge in [0.2, 0.25) is 5.91 Å². The average Bonchev–Trinajstić information content (AvgIpc) is 2.43. The van der Waals surface area contributed by atoms with Gasteiger partial charge in [-0.05, 0) is 31.6 Å². The van der Waals surface area contributed by atoms with E-state index in [1.807, 2.05) is 0 Å². The topological polar surface area (TPSA) is 78.4 Å². The maximum absolute atomic E-state index is 12.0. The molecule has 3 N–H and O–H groups in total. The second kappa shape index (κ2) is 6.37. The van der Waals surface area contributed by atoms with Crippen LogP contribution in [0.3, 0.4) is 0 Å². The zero-order valence-electron chi connectivity index (χ0n) is 11.5. The number of carboxylic acids is 1. The molecule has 1 heterocycles. The molecule has 1 aliphatic heterocycles. The molecule has 1 saturated heterocycles. The Morgan fingerprint density at radius 1 is 1.26 bits per heavy atom. The molecule has 108 valence electrons. The van der Waals surface area contributed by atoms with Crippen molar-refractivity contribution in [1.82, 2.24) is 10.6 Å². The SMILES string of the molecule is CC(CNC(=O)C1CCC2CCCCC2N1)C(=O)O. The number of hydrogen-bond donors (Lipinski definition) is 3. The van der Waals surface area contributed by atoms with Crippen molar-refractivity contribution in [3.8, 4) is 0 Å². The molecule has 0 aromatic rings. The first kappa shape index (κ1) is 14.3. The highest BCUT2D eigenvalue weighted by Gasteiger charge is 2.34. The van der Waals surface area contributed by atoms with Gasteiger partial charge in [0.25, 0.3) is 0 Å². The van der Waals surface area contributed by atoms with Gasteiger partial charge in [-0.15, -0.1) is 0 Å². The third kappa shape index (κ3) is 3.69. The first-order valence-corrected chi connectivity index (χ1v) is 7.34. The number of carbonyl (C=O) groups excluding carboxylic acids is 1. The summed E-state index contributed by atoms with van der Waals surface area (Å²) in [6.45, 7) is 1.81. The summed E-state index contributed by atoms with van der Waals surface area (Å²) >= 11 is 0. The zero-order chi connectivity index (χ0) is 13.8. The molecule has 1 aliphatic carbocycles. The summed E-state index contributed by atoms with van der Waals surface area (Å²) in [5.41, 5.74) is 0. The zero-order valence-corrected chi connectivity index (χ0v) is 11.5. The van der Waals surface area contributed by atoms with Crippen LogP contribution < -0.4 is 10.6 Å². The van der Waals surface area contributed by atoms with E-state index in [-0.39, 0.29) is 18.5 Å². The van der Waals surface area contributed by atoms with Gasteiger partial charge in [0.05, 0.1) is 12.0 Å². The molecule has 4 atom stereocenters. The van der Waals surface area contributed by atoms with E-state index in [9.17, 15) is 9.59 Å². The van der Waals surface area contributed by atoms with Crippen molar-refractivity contribution in [2.75, 3.05) is 6.54 Å². The number of amides is 1. The minimum Gasteiger partial charge on any atom is -0.481 e. The highest BCUT2D eigenvalue weighted by Crippen LogP contribution is 2.32. The van der Waals surface area contributed by atoms with Crippen LogP contribution in [-0.2, 0) is 9.59 Å². The lowest BCUT2D eigenvalue weighted by molar-refractivity contribution is -0.141. The van der Waals surface area contributed by atoms with E-state index >= 15 is 0 Å². The van der Waals surface area contributed by atoms with Crippen LogP contribution in [0.2, 0.25) is 0 Å². The number of carboxylic acid groups (broad SMARTS) is 1. The molecule has 0 aromatic carbocycles. The minimum absolute atomic E-state index is 0.0443. The molecular formula is C14H24N2O3. The van der Waals surface area contributed by atoms with Crippen LogP contribution in [0.1, 0.15) is 45.4 Å². The quantitative estimate of drug-likeness (QED) is 0.714. The molecule has 2 aliphatic rings. The van der Waals surface area contributed by atoms with Crippen LogP contribution in [0.4, 0.5) is 0 Å². The van der Waals surface area contributed by atoms with E-state index in [0.717, 1.165) is 18.8 Å².